The second kappa shape index (κ2) is 9.15. The minimum Gasteiger partial charge on any atom is -0.486 e. The van der Waals surface area contributed by atoms with Crippen LogP contribution in [0.5, 0.6) is 11.5 Å². The van der Waals surface area contributed by atoms with Crippen molar-refractivity contribution in [1.29, 1.82) is 0 Å². The van der Waals surface area contributed by atoms with Gasteiger partial charge in [-0.15, -0.1) is 24.0 Å². The first-order valence-electron chi connectivity index (χ1n) is 9.35. The third-order valence-corrected chi connectivity index (χ3v) is 5.31. The molecule has 6 heteroatoms. The molecule has 0 spiro atoms. The number of nitrogens with one attached hydrogen (secondary N) is 1. The highest BCUT2D eigenvalue weighted by Gasteiger charge is 2.25. The highest BCUT2D eigenvalue weighted by atomic mass is 127. The van der Waals surface area contributed by atoms with E-state index in [9.17, 15) is 0 Å². The summed E-state index contributed by atoms with van der Waals surface area (Å²) in [5.74, 6) is 3.53. The molecule has 0 unspecified atom stereocenters. The van der Waals surface area contributed by atoms with Crippen LogP contribution in [-0.4, -0.2) is 50.8 Å². The van der Waals surface area contributed by atoms with Crippen molar-refractivity contribution in [3.63, 3.8) is 0 Å². The molecule has 2 heterocycles. The van der Waals surface area contributed by atoms with Gasteiger partial charge < -0.3 is 19.7 Å². The molecule has 0 atom stereocenters. The van der Waals surface area contributed by atoms with Crippen molar-refractivity contribution in [1.82, 2.24) is 10.2 Å². The summed E-state index contributed by atoms with van der Waals surface area (Å²) >= 11 is 0. The summed E-state index contributed by atoms with van der Waals surface area (Å²) in [6.07, 6.45) is 2.48. The largest absolute Gasteiger partial charge is 0.486 e. The lowest BCUT2D eigenvalue weighted by Gasteiger charge is -2.35. The molecule has 1 aromatic rings. The van der Waals surface area contributed by atoms with Crippen molar-refractivity contribution in [3.8, 4) is 11.5 Å². The molecule has 1 N–H and O–H groups in total. The molecular formula is C20H32IN3O2. The fourth-order valence-electron chi connectivity index (χ4n) is 3.42. The summed E-state index contributed by atoms with van der Waals surface area (Å²) in [4.78, 5) is 6.87. The van der Waals surface area contributed by atoms with Gasteiger partial charge in [-0.3, -0.25) is 4.99 Å². The number of piperidine rings is 1. The van der Waals surface area contributed by atoms with Crippen molar-refractivity contribution < 1.29 is 9.47 Å². The van der Waals surface area contributed by atoms with E-state index in [2.05, 4.69) is 48.1 Å². The Morgan fingerprint density at radius 1 is 1.19 bits per heavy atom. The Hall–Kier alpha value is -1.18. The van der Waals surface area contributed by atoms with E-state index in [1.54, 1.807) is 0 Å². The second-order valence-electron chi connectivity index (χ2n) is 7.81. The Morgan fingerprint density at radius 2 is 1.85 bits per heavy atom. The van der Waals surface area contributed by atoms with Crippen LogP contribution in [0.3, 0.4) is 0 Å². The molecule has 1 saturated heterocycles. The summed E-state index contributed by atoms with van der Waals surface area (Å²) in [6.45, 7) is 11.1. The summed E-state index contributed by atoms with van der Waals surface area (Å²) in [5.41, 5.74) is 1.21. The van der Waals surface area contributed by atoms with Crippen LogP contribution < -0.4 is 14.8 Å². The van der Waals surface area contributed by atoms with Crippen LogP contribution in [0.2, 0.25) is 0 Å². The Bertz CT molecular complexity index is 625. The second-order valence-corrected chi connectivity index (χ2v) is 7.81. The van der Waals surface area contributed by atoms with Crippen LogP contribution in [0.15, 0.2) is 23.2 Å². The fourth-order valence-corrected chi connectivity index (χ4v) is 3.42. The fraction of sp³-hybridized carbons (Fsp3) is 0.650. The molecule has 1 aromatic carbocycles. The van der Waals surface area contributed by atoms with E-state index in [1.807, 2.05) is 13.1 Å². The van der Waals surface area contributed by atoms with Crippen molar-refractivity contribution in [2.75, 3.05) is 39.9 Å². The number of hydrogen-bond donors (Lipinski definition) is 1. The van der Waals surface area contributed by atoms with E-state index < -0.39 is 0 Å². The molecule has 0 saturated carbocycles. The van der Waals surface area contributed by atoms with Crippen LogP contribution in [0, 0.1) is 5.92 Å². The normalized spacial score (nSPS) is 18.3. The lowest BCUT2D eigenvalue weighted by atomic mass is 9.84. The Labute approximate surface area is 174 Å². The maximum atomic E-state index is 5.73. The van der Waals surface area contributed by atoms with Gasteiger partial charge in [-0.25, -0.2) is 0 Å². The van der Waals surface area contributed by atoms with Gasteiger partial charge in [0.1, 0.15) is 13.2 Å². The Kier molecular flexibility index (Phi) is 7.43. The number of likely N-dealkylation sites (tertiary alicyclic amines) is 1. The van der Waals surface area contributed by atoms with E-state index in [-0.39, 0.29) is 29.4 Å². The van der Waals surface area contributed by atoms with Gasteiger partial charge in [0.2, 0.25) is 0 Å². The van der Waals surface area contributed by atoms with E-state index >= 15 is 0 Å². The standard InChI is InChI=1S/C20H31N3O2.HI/c1-15-7-9-23(10-8-15)19(21-4)22-14-20(2,3)16-5-6-17-18(13-16)25-12-11-24-17;/h5-6,13,15H,7-12,14H2,1-4H3,(H,21,22);1H. The summed E-state index contributed by atoms with van der Waals surface area (Å²) in [7, 11) is 1.87. The highest BCUT2D eigenvalue weighted by Crippen LogP contribution is 2.35. The zero-order valence-electron chi connectivity index (χ0n) is 16.4. The number of benzene rings is 1. The maximum Gasteiger partial charge on any atom is 0.193 e. The summed E-state index contributed by atoms with van der Waals surface area (Å²) in [5, 5.41) is 3.58. The topological polar surface area (TPSA) is 46.1 Å². The maximum absolute atomic E-state index is 5.73. The smallest absolute Gasteiger partial charge is 0.193 e. The van der Waals surface area contributed by atoms with Crippen molar-refractivity contribution in [2.24, 2.45) is 10.9 Å². The van der Waals surface area contributed by atoms with Gasteiger partial charge in [-0.05, 0) is 36.5 Å². The number of hydrogen-bond acceptors (Lipinski definition) is 3. The quantitative estimate of drug-likeness (QED) is 0.414. The Balaban J connectivity index is 0.00000243. The average molecular weight is 473 g/mol. The number of fused-ring (bicyclic) bond motifs is 1. The van der Waals surface area contributed by atoms with Crippen molar-refractivity contribution in [2.45, 2.75) is 39.0 Å². The number of rotatable bonds is 3. The van der Waals surface area contributed by atoms with Gasteiger partial charge in [0.15, 0.2) is 17.5 Å². The van der Waals surface area contributed by atoms with Gasteiger partial charge in [0.25, 0.3) is 0 Å². The molecule has 2 aliphatic heterocycles. The SMILES string of the molecule is CN=C(NCC(C)(C)c1ccc2c(c1)OCCO2)N1CCC(C)CC1.I. The third-order valence-electron chi connectivity index (χ3n) is 5.31. The first-order valence-corrected chi connectivity index (χ1v) is 9.35. The number of aliphatic imine (C=N–C) groups is 1. The first-order chi connectivity index (χ1) is 12.0. The molecule has 5 nitrogen and oxygen atoms in total. The molecule has 146 valence electrons. The lowest BCUT2D eigenvalue weighted by molar-refractivity contribution is 0.171. The molecule has 0 aromatic heterocycles. The molecule has 0 aliphatic carbocycles. The van der Waals surface area contributed by atoms with Gasteiger partial charge in [0.05, 0.1) is 0 Å². The summed E-state index contributed by atoms with van der Waals surface area (Å²) in [6, 6.07) is 6.27. The summed E-state index contributed by atoms with van der Waals surface area (Å²) < 4.78 is 11.4. The minimum absolute atomic E-state index is 0. The third kappa shape index (κ3) is 4.96. The van der Waals surface area contributed by atoms with E-state index in [0.717, 1.165) is 43.0 Å². The zero-order valence-corrected chi connectivity index (χ0v) is 18.7. The molecule has 0 radical (unpaired) electrons. The molecule has 2 aliphatic rings. The average Bonchev–Trinajstić information content (AvgIpc) is 2.63. The lowest BCUT2D eigenvalue weighted by Crippen LogP contribution is -2.48. The number of guanidine groups is 1. The molecule has 0 amide bonds. The van der Waals surface area contributed by atoms with Crippen LogP contribution in [0.25, 0.3) is 0 Å². The number of ether oxygens (including phenoxy) is 2. The molecule has 0 bridgehead atoms. The van der Waals surface area contributed by atoms with Crippen molar-refractivity contribution >= 4 is 29.9 Å². The van der Waals surface area contributed by atoms with E-state index in [0.29, 0.717) is 13.2 Å². The highest BCUT2D eigenvalue weighted by molar-refractivity contribution is 14.0. The number of halogens is 1. The van der Waals surface area contributed by atoms with Crippen LogP contribution in [0.1, 0.15) is 39.2 Å². The van der Waals surface area contributed by atoms with Gasteiger partial charge in [-0.1, -0.05) is 26.8 Å². The van der Waals surface area contributed by atoms with Crippen LogP contribution in [0.4, 0.5) is 0 Å². The monoisotopic (exact) mass is 473 g/mol. The van der Waals surface area contributed by atoms with Gasteiger partial charge >= 0.3 is 0 Å². The number of nitrogens with zero attached hydrogens (tertiary/aromatic N) is 2. The van der Waals surface area contributed by atoms with Crippen molar-refractivity contribution in [3.05, 3.63) is 23.8 Å². The molecular weight excluding hydrogens is 441 g/mol. The van der Waals surface area contributed by atoms with Crippen LogP contribution in [-0.2, 0) is 5.41 Å². The van der Waals surface area contributed by atoms with Gasteiger partial charge in [-0.2, -0.15) is 0 Å². The predicted octanol–water partition coefficient (Wildman–Crippen LogP) is 3.66. The molecule has 1 fully saturated rings. The first kappa shape index (κ1) is 21.1. The van der Waals surface area contributed by atoms with E-state index in [4.69, 9.17) is 9.47 Å². The predicted molar refractivity (Wildman–Crippen MR) is 117 cm³/mol. The molecule has 26 heavy (non-hydrogen) atoms. The van der Waals surface area contributed by atoms with Gasteiger partial charge in [0, 0.05) is 32.1 Å². The van der Waals surface area contributed by atoms with E-state index in [1.165, 1.54) is 18.4 Å². The zero-order chi connectivity index (χ0) is 17.9. The molecule has 3 rings (SSSR count). The van der Waals surface area contributed by atoms with Crippen LogP contribution >= 0.6 is 24.0 Å². The minimum atomic E-state index is -0.0329. The Morgan fingerprint density at radius 3 is 2.50 bits per heavy atom.